The summed E-state index contributed by atoms with van der Waals surface area (Å²) in [6.07, 6.45) is 3.24. The molecule has 1 aromatic carbocycles. The summed E-state index contributed by atoms with van der Waals surface area (Å²) in [5.41, 5.74) is 1.09. The van der Waals surface area contributed by atoms with Gasteiger partial charge in [-0.1, -0.05) is 30.3 Å². The van der Waals surface area contributed by atoms with E-state index in [0.29, 0.717) is 5.92 Å². The van der Waals surface area contributed by atoms with Gasteiger partial charge >= 0.3 is 0 Å². The lowest BCUT2D eigenvalue weighted by atomic mass is 9.81. The lowest BCUT2D eigenvalue weighted by molar-refractivity contribution is -0.106. The highest BCUT2D eigenvalue weighted by molar-refractivity contribution is 5.76. The van der Waals surface area contributed by atoms with E-state index in [2.05, 4.69) is 11.9 Å². The van der Waals surface area contributed by atoms with Crippen molar-refractivity contribution in [2.24, 2.45) is 5.92 Å². The second-order valence-electron chi connectivity index (χ2n) is 4.52. The van der Waals surface area contributed by atoms with Crippen LogP contribution in [0.2, 0.25) is 0 Å². The molecule has 1 fully saturated rings. The van der Waals surface area contributed by atoms with Gasteiger partial charge in [-0.2, -0.15) is 0 Å². The van der Waals surface area contributed by atoms with E-state index in [1.807, 2.05) is 30.3 Å². The molecule has 0 amide bonds. The molecule has 1 saturated heterocycles. The molecule has 16 heavy (non-hydrogen) atoms. The second kappa shape index (κ2) is 5.26. The van der Waals surface area contributed by atoms with E-state index >= 15 is 0 Å². The molecule has 1 aliphatic rings. The fraction of sp³-hybridized carbons (Fsp3) is 0.429. The molecule has 0 spiro atoms. The lowest BCUT2D eigenvalue weighted by Crippen LogP contribution is -2.33. The van der Waals surface area contributed by atoms with Gasteiger partial charge in [-0.15, -0.1) is 0 Å². The minimum Gasteiger partial charge on any atom is -0.306 e. The van der Waals surface area contributed by atoms with Gasteiger partial charge in [0.1, 0.15) is 6.29 Å². The van der Waals surface area contributed by atoms with E-state index in [1.54, 1.807) is 0 Å². The minimum atomic E-state index is 0.441. The van der Waals surface area contributed by atoms with Gasteiger partial charge in [0.2, 0.25) is 0 Å². The normalized spacial score (nSPS) is 18.9. The summed E-state index contributed by atoms with van der Waals surface area (Å²) in [5.74, 6) is 1.42. The molecule has 0 aliphatic carbocycles. The summed E-state index contributed by atoms with van der Waals surface area (Å²) < 4.78 is 0. The number of hydrogen-bond acceptors (Lipinski definition) is 2. The van der Waals surface area contributed by atoms with Crippen molar-refractivity contribution in [3.05, 3.63) is 41.8 Å². The highest BCUT2D eigenvalue weighted by Gasteiger charge is 2.26. The van der Waals surface area contributed by atoms with Gasteiger partial charge < -0.3 is 9.69 Å². The molecule has 85 valence electrons. The number of benzene rings is 1. The van der Waals surface area contributed by atoms with Crippen LogP contribution < -0.4 is 0 Å². The van der Waals surface area contributed by atoms with E-state index in [0.717, 1.165) is 43.7 Å². The van der Waals surface area contributed by atoms with Crippen LogP contribution in [0.1, 0.15) is 18.4 Å². The standard InChI is InChI=1S/C14H18NO/c1-15-9-7-13(8-10-15)14(11-16)12-5-3-2-4-6-12/h2-6,11,13H,7-10H2,1H3. The molecule has 0 N–H and O–H groups in total. The Morgan fingerprint density at radius 2 is 1.88 bits per heavy atom. The van der Waals surface area contributed by atoms with Crippen molar-refractivity contribution in [2.45, 2.75) is 12.8 Å². The number of likely N-dealkylation sites (tertiary alicyclic amines) is 1. The zero-order valence-electron chi connectivity index (χ0n) is 9.73. The summed E-state index contributed by atoms with van der Waals surface area (Å²) >= 11 is 0. The fourth-order valence-electron chi connectivity index (χ4n) is 2.35. The first-order valence-electron chi connectivity index (χ1n) is 5.87. The Bertz CT molecular complexity index is 328. The highest BCUT2D eigenvalue weighted by Crippen LogP contribution is 2.29. The van der Waals surface area contributed by atoms with Crippen molar-refractivity contribution in [3.63, 3.8) is 0 Å². The number of rotatable bonds is 3. The first-order valence-corrected chi connectivity index (χ1v) is 5.87. The smallest absolute Gasteiger partial charge is 0.132 e. The number of hydrogen-bond donors (Lipinski definition) is 0. The molecule has 1 heterocycles. The topological polar surface area (TPSA) is 20.3 Å². The lowest BCUT2D eigenvalue weighted by Gasteiger charge is -2.31. The maximum absolute atomic E-state index is 11.2. The van der Waals surface area contributed by atoms with Crippen LogP contribution in [0.25, 0.3) is 0 Å². The monoisotopic (exact) mass is 216 g/mol. The fourth-order valence-corrected chi connectivity index (χ4v) is 2.35. The molecule has 0 bridgehead atoms. The van der Waals surface area contributed by atoms with Crippen LogP contribution in [0.15, 0.2) is 30.3 Å². The largest absolute Gasteiger partial charge is 0.306 e. The third kappa shape index (κ3) is 2.50. The van der Waals surface area contributed by atoms with Crippen molar-refractivity contribution < 1.29 is 4.79 Å². The van der Waals surface area contributed by atoms with Crippen molar-refractivity contribution >= 4 is 6.29 Å². The molecular formula is C14H18NO. The van der Waals surface area contributed by atoms with Gasteiger partial charge in [0, 0.05) is 0 Å². The SMILES string of the molecule is CN1CCC([C](C=O)c2ccccc2)CC1. The van der Waals surface area contributed by atoms with Gasteiger partial charge in [-0.25, -0.2) is 0 Å². The van der Waals surface area contributed by atoms with Crippen LogP contribution in [0.3, 0.4) is 0 Å². The van der Waals surface area contributed by atoms with E-state index < -0.39 is 0 Å². The van der Waals surface area contributed by atoms with Crippen LogP contribution in [-0.2, 0) is 4.79 Å². The molecular weight excluding hydrogens is 198 g/mol. The predicted molar refractivity (Wildman–Crippen MR) is 65.1 cm³/mol. The predicted octanol–water partition coefficient (Wildman–Crippen LogP) is 2.15. The molecule has 1 aromatic rings. The summed E-state index contributed by atoms with van der Waals surface area (Å²) in [7, 11) is 2.14. The first-order chi connectivity index (χ1) is 7.81. The number of aldehydes is 1. The van der Waals surface area contributed by atoms with Gasteiger partial charge in [0.25, 0.3) is 0 Å². The summed E-state index contributed by atoms with van der Waals surface area (Å²) in [6, 6.07) is 10.0. The zero-order chi connectivity index (χ0) is 11.4. The first kappa shape index (κ1) is 11.3. The quantitative estimate of drug-likeness (QED) is 0.722. The molecule has 0 atom stereocenters. The summed E-state index contributed by atoms with van der Waals surface area (Å²) in [4.78, 5) is 13.6. The van der Waals surface area contributed by atoms with E-state index in [9.17, 15) is 4.79 Å². The Labute approximate surface area is 97.3 Å². The second-order valence-corrected chi connectivity index (χ2v) is 4.52. The number of carbonyl (C=O) groups excluding carboxylic acids is 1. The molecule has 2 nitrogen and oxygen atoms in total. The maximum atomic E-state index is 11.2. The Kier molecular flexibility index (Phi) is 3.73. The Hall–Kier alpha value is -1.15. The highest BCUT2D eigenvalue weighted by atomic mass is 16.1. The third-order valence-electron chi connectivity index (χ3n) is 3.39. The average Bonchev–Trinajstić information content (AvgIpc) is 2.34. The molecule has 0 unspecified atom stereocenters. The van der Waals surface area contributed by atoms with Crippen LogP contribution >= 0.6 is 0 Å². The third-order valence-corrected chi connectivity index (χ3v) is 3.39. The molecule has 2 rings (SSSR count). The number of piperidine rings is 1. The molecule has 2 heteroatoms. The van der Waals surface area contributed by atoms with E-state index in [1.165, 1.54) is 0 Å². The van der Waals surface area contributed by atoms with Gasteiger partial charge in [-0.3, -0.25) is 0 Å². The molecule has 1 radical (unpaired) electrons. The van der Waals surface area contributed by atoms with Crippen LogP contribution in [-0.4, -0.2) is 31.3 Å². The van der Waals surface area contributed by atoms with Crippen molar-refractivity contribution in [1.29, 1.82) is 0 Å². The number of carbonyl (C=O) groups is 1. The maximum Gasteiger partial charge on any atom is 0.132 e. The van der Waals surface area contributed by atoms with Crippen LogP contribution in [0.4, 0.5) is 0 Å². The average molecular weight is 216 g/mol. The van der Waals surface area contributed by atoms with Gasteiger partial charge in [-0.05, 0) is 44.5 Å². The van der Waals surface area contributed by atoms with Gasteiger partial charge in [0.05, 0.1) is 5.92 Å². The Morgan fingerprint density at radius 1 is 1.25 bits per heavy atom. The molecule has 0 saturated carbocycles. The summed E-state index contributed by atoms with van der Waals surface area (Å²) in [6.45, 7) is 2.18. The van der Waals surface area contributed by atoms with E-state index in [-0.39, 0.29) is 0 Å². The number of nitrogens with zero attached hydrogens (tertiary/aromatic N) is 1. The van der Waals surface area contributed by atoms with Crippen molar-refractivity contribution in [2.75, 3.05) is 20.1 Å². The minimum absolute atomic E-state index is 0.441. The van der Waals surface area contributed by atoms with Crippen LogP contribution in [0.5, 0.6) is 0 Å². The van der Waals surface area contributed by atoms with Gasteiger partial charge in [0.15, 0.2) is 0 Å². The van der Waals surface area contributed by atoms with E-state index in [4.69, 9.17) is 0 Å². The molecule has 1 aliphatic heterocycles. The van der Waals surface area contributed by atoms with Crippen LogP contribution in [0, 0.1) is 11.8 Å². The molecule has 0 aromatic heterocycles. The Balaban J connectivity index is 2.08. The van der Waals surface area contributed by atoms with Crippen molar-refractivity contribution in [3.8, 4) is 0 Å². The zero-order valence-corrected chi connectivity index (χ0v) is 9.73. The van der Waals surface area contributed by atoms with Crippen molar-refractivity contribution in [1.82, 2.24) is 4.90 Å². The Morgan fingerprint density at radius 3 is 2.44 bits per heavy atom. The summed E-state index contributed by atoms with van der Waals surface area (Å²) in [5, 5.41) is 0.